The van der Waals surface area contributed by atoms with Gasteiger partial charge in [-0.1, -0.05) is 25.3 Å². The number of nitrogens with zero attached hydrogens (tertiary/aromatic N) is 1. The molecule has 1 aliphatic carbocycles. The summed E-state index contributed by atoms with van der Waals surface area (Å²) in [6.07, 6.45) is 8.27. The van der Waals surface area contributed by atoms with E-state index in [1.807, 2.05) is 13.0 Å². The Balaban J connectivity index is 0.00000312. The second kappa shape index (κ2) is 12.2. The number of guanidine groups is 1. The largest absolute Gasteiger partial charge is 0.493 e. The molecule has 0 saturated heterocycles. The highest BCUT2D eigenvalue weighted by molar-refractivity contribution is 14.0. The number of aliphatic imine (C=N–C) groups is 1. The maximum absolute atomic E-state index is 5.99. The summed E-state index contributed by atoms with van der Waals surface area (Å²) in [5.74, 6) is 2.17. The molecule has 6 heteroatoms. The molecule has 3 N–H and O–H groups in total. The van der Waals surface area contributed by atoms with E-state index in [1.165, 1.54) is 37.7 Å². The van der Waals surface area contributed by atoms with Gasteiger partial charge in [-0.05, 0) is 50.3 Å². The van der Waals surface area contributed by atoms with Crippen LogP contribution < -0.4 is 20.5 Å². The minimum absolute atomic E-state index is 0. The predicted molar refractivity (Wildman–Crippen MR) is 114 cm³/mol. The number of halogens is 1. The summed E-state index contributed by atoms with van der Waals surface area (Å²) in [4.78, 5) is 4.45. The summed E-state index contributed by atoms with van der Waals surface area (Å²) in [5, 5.41) is 3.35. The zero-order valence-electron chi connectivity index (χ0n) is 15.4. The van der Waals surface area contributed by atoms with Gasteiger partial charge in [0.1, 0.15) is 0 Å². The standard InChI is InChI=1S/C19H31N3O2.HI/c1-3-24-18-14-15(11-12-17(18)23-2)8-7-13-21-19(20)22-16-9-5-4-6-10-16;/h11-12,14,16H,3-10,13H2,1-2H3,(H3,20,21,22);1H. The van der Waals surface area contributed by atoms with E-state index in [-0.39, 0.29) is 24.0 Å². The van der Waals surface area contributed by atoms with Crippen LogP contribution in [0.25, 0.3) is 0 Å². The van der Waals surface area contributed by atoms with Gasteiger partial charge in [0.05, 0.1) is 13.7 Å². The van der Waals surface area contributed by atoms with E-state index in [9.17, 15) is 0 Å². The van der Waals surface area contributed by atoms with Gasteiger partial charge in [-0.25, -0.2) is 0 Å². The van der Waals surface area contributed by atoms with Crippen LogP contribution >= 0.6 is 24.0 Å². The van der Waals surface area contributed by atoms with E-state index in [1.54, 1.807) is 7.11 Å². The molecule has 0 aliphatic heterocycles. The van der Waals surface area contributed by atoms with Crippen LogP contribution in [0, 0.1) is 0 Å². The highest BCUT2D eigenvalue weighted by Crippen LogP contribution is 2.28. The number of hydrogen-bond donors (Lipinski definition) is 2. The van der Waals surface area contributed by atoms with Gasteiger partial charge in [0.15, 0.2) is 17.5 Å². The minimum Gasteiger partial charge on any atom is -0.493 e. The van der Waals surface area contributed by atoms with E-state index < -0.39 is 0 Å². The second-order valence-electron chi connectivity index (χ2n) is 6.27. The number of ether oxygens (including phenoxy) is 2. The topological polar surface area (TPSA) is 68.9 Å². The fraction of sp³-hybridized carbons (Fsp3) is 0.632. The minimum atomic E-state index is 0. The van der Waals surface area contributed by atoms with Gasteiger partial charge in [0.25, 0.3) is 0 Å². The Morgan fingerprint density at radius 2 is 2.00 bits per heavy atom. The predicted octanol–water partition coefficient (Wildman–Crippen LogP) is 3.88. The van der Waals surface area contributed by atoms with Gasteiger partial charge in [-0.2, -0.15) is 0 Å². The van der Waals surface area contributed by atoms with Gasteiger partial charge in [0, 0.05) is 12.6 Å². The SMILES string of the molecule is CCOc1cc(CCCN=C(N)NC2CCCCC2)ccc1OC.I. The Morgan fingerprint density at radius 1 is 1.24 bits per heavy atom. The first-order chi connectivity index (χ1) is 11.7. The third-order valence-electron chi connectivity index (χ3n) is 4.39. The zero-order valence-corrected chi connectivity index (χ0v) is 17.8. The first kappa shape index (κ1) is 21.9. The molecule has 1 aliphatic rings. The van der Waals surface area contributed by atoms with Crippen LogP contribution in [0.4, 0.5) is 0 Å². The van der Waals surface area contributed by atoms with Crippen molar-refractivity contribution >= 4 is 29.9 Å². The molecule has 0 spiro atoms. The zero-order chi connectivity index (χ0) is 17.2. The van der Waals surface area contributed by atoms with Crippen molar-refractivity contribution in [1.82, 2.24) is 5.32 Å². The van der Waals surface area contributed by atoms with E-state index in [2.05, 4.69) is 22.4 Å². The monoisotopic (exact) mass is 461 g/mol. The molecule has 142 valence electrons. The summed E-state index contributed by atoms with van der Waals surface area (Å²) in [6, 6.07) is 6.60. The summed E-state index contributed by atoms with van der Waals surface area (Å²) in [5.41, 5.74) is 7.22. The molecule has 0 unspecified atom stereocenters. The molecular weight excluding hydrogens is 429 g/mol. The summed E-state index contributed by atoms with van der Waals surface area (Å²) < 4.78 is 10.9. The maximum atomic E-state index is 5.99. The van der Waals surface area contributed by atoms with Crippen molar-refractivity contribution in [3.8, 4) is 11.5 Å². The number of nitrogens with two attached hydrogens (primary N) is 1. The normalized spacial score (nSPS) is 15.4. The van der Waals surface area contributed by atoms with Gasteiger partial charge < -0.3 is 20.5 Å². The fourth-order valence-electron chi connectivity index (χ4n) is 3.13. The smallest absolute Gasteiger partial charge is 0.188 e. The molecule has 0 aromatic heterocycles. The quantitative estimate of drug-likeness (QED) is 0.267. The van der Waals surface area contributed by atoms with Crippen molar-refractivity contribution in [2.24, 2.45) is 10.7 Å². The van der Waals surface area contributed by atoms with Crippen LogP contribution in [0.15, 0.2) is 23.2 Å². The molecule has 0 radical (unpaired) electrons. The third-order valence-corrected chi connectivity index (χ3v) is 4.39. The van der Waals surface area contributed by atoms with Gasteiger partial charge >= 0.3 is 0 Å². The van der Waals surface area contributed by atoms with Crippen molar-refractivity contribution in [3.05, 3.63) is 23.8 Å². The van der Waals surface area contributed by atoms with Crippen LogP contribution in [0.2, 0.25) is 0 Å². The molecule has 1 aromatic carbocycles. The molecule has 0 bridgehead atoms. The summed E-state index contributed by atoms with van der Waals surface area (Å²) in [7, 11) is 1.66. The Hall–Kier alpha value is -1.18. The van der Waals surface area contributed by atoms with Crippen molar-refractivity contribution in [3.63, 3.8) is 0 Å². The Bertz CT molecular complexity index is 531. The molecule has 0 amide bonds. The first-order valence-corrected chi connectivity index (χ1v) is 9.09. The average molecular weight is 461 g/mol. The number of benzene rings is 1. The average Bonchev–Trinajstić information content (AvgIpc) is 2.60. The number of rotatable bonds is 8. The maximum Gasteiger partial charge on any atom is 0.188 e. The molecule has 0 heterocycles. The van der Waals surface area contributed by atoms with Crippen LogP contribution in [0.1, 0.15) is 51.0 Å². The highest BCUT2D eigenvalue weighted by atomic mass is 127. The Labute approximate surface area is 168 Å². The fourth-order valence-corrected chi connectivity index (χ4v) is 3.13. The summed E-state index contributed by atoms with van der Waals surface area (Å²) in [6.45, 7) is 3.35. The van der Waals surface area contributed by atoms with Crippen molar-refractivity contribution in [2.45, 2.75) is 57.9 Å². The second-order valence-corrected chi connectivity index (χ2v) is 6.27. The van der Waals surface area contributed by atoms with Gasteiger partial charge in [-0.3, -0.25) is 4.99 Å². The molecule has 0 atom stereocenters. The van der Waals surface area contributed by atoms with E-state index in [0.717, 1.165) is 30.9 Å². The van der Waals surface area contributed by atoms with Crippen molar-refractivity contribution in [2.75, 3.05) is 20.3 Å². The van der Waals surface area contributed by atoms with E-state index >= 15 is 0 Å². The molecule has 2 rings (SSSR count). The van der Waals surface area contributed by atoms with E-state index in [0.29, 0.717) is 18.6 Å². The molecular formula is C19H32IN3O2. The van der Waals surface area contributed by atoms with Crippen LogP contribution in [0.3, 0.4) is 0 Å². The van der Waals surface area contributed by atoms with Gasteiger partial charge in [-0.15, -0.1) is 24.0 Å². The number of hydrogen-bond acceptors (Lipinski definition) is 3. The molecule has 1 saturated carbocycles. The number of nitrogens with one attached hydrogen (secondary N) is 1. The van der Waals surface area contributed by atoms with Crippen LogP contribution in [0.5, 0.6) is 11.5 Å². The Morgan fingerprint density at radius 3 is 2.68 bits per heavy atom. The molecule has 1 fully saturated rings. The Kier molecular flexibility index (Phi) is 10.7. The van der Waals surface area contributed by atoms with Gasteiger partial charge in [0.2, 0.25) is 0 Å². The lowest BCUT2D eigenvalue weighted by atomic mass is 9.96. The third kappa shape index (κ3) is 7.71. The first-order valence-electron chi connectivity index (χ1n) is 9.09. The highest BCUT2D eigenvalue weighted by Gasteiger charge is 2.13. The van der Waals surface area contributed by atoms with Crippen molar-refractivity contribution in [1.29, 1.82) is 0 Å². The number of methoxy groups -OCH3 is 1. The van der Waals surface area contributed by atoms with Crippen molar-refractivity contribution < 1.29 is 9.47 Å². The molecule has 5 nitrogen and oxygen atoms in total. The summed E-state index contributed by atoms with van der Waals surface area (Å²) >= 11 is 0. The lowest BCUT2D eigenvalue weighted by molar-refractivity contribution is 0.310. The lowest BCUT2D eigenvalue weighted by Gasteiger charge is -2.23. The lowest BCUT2D eigenvalue weighted by Crippen LogP contribution is -2.41. The molecule has 1 aromatic rings. The number of aryl methyl sites for hydroxylation is 1. The van der Waals surface area contributed by atoms with Crippen LogP contribution in [-0.2, 0) is 6.42 Å². The molecule has 25 heavy (non-hydrogen) atoms. The van der Waals surface area contributed by atoms with E-state index in [4.69, 9.17) is 15.2 Å². The van der Waals surface area contributed by atoms with Crippen LogP contribution in [-0.4, -0.2) is 32.3 Å².